The number of aryl methyl sites for hydroxylation is 2. The summed E-state index contributed by atoms with van der Waals surface area (Å²) in [5, 5.41) is 11.5. The lowest BCUT2D eigenvalue weighted by molar-refractivity contribution is 0.768. The third-order valence-electron chi connectivity index (χ3n) is 4.15. The van der Waals surface area contributed by atoms with Crippen LogP contribution in [-0.4, -0.2) is 24.5 Å². The summed E-state index contributed by atoms with van der Waals surface area (Å²) < 4.78 is 3.33. The number of H-pyrrole nitrogens is 1. The van der Waals surface area contributed by atoms with Crippen LogP contribution in [-0.2, 0) is 7.05 Å². The quantitative estimate of drug-likeness (QED) is 0.590. The first kappa shape index (κ1) is 14.3. The molecule has 0 amide bonds. The van der Waals surface area contributed by atoms with E-state index in [-0.39, 0.29) is 11.4 Å². The number of para-hydroxylation sites is 1. The molecule has 3 N–H and O–H groups in total. The van der Waals surface area contributed by atoms with Gasteiger partial charge in [-0.3, -0.25) is 19.1 Å². The number of nitrogens with one attached hydrogen (secondary N) is 1. The van der Waals surface area contributed by atoms with Gasteiger partial charge in [0.2, 0.25) is 0 Å². The van der Waals surface area contributed by atoms with E-state index in [0.717, 1.165) is 22.4 Å². The van der Waals surface area contributed by atoms with Crippen LogP contribution < -0.4 is 11.3 Å². The number of nitrogens with two attached hydrogens (primary N) is 1. The maximum absolute atomic E-state index is 13.0. The van der Waals surface area contributed by atoms with Crippen LogP contribution in [0.5, 0.6) is 0 Å². The summed E-state index contributed by atoms with van der Waals surface area (Å²) in [6.07, 6.45) is 5.44. The SMILES string of the molecule is Cc1ccccc1-n1cc(-c2cnn(C)c2)c2[nH]nc(N)c2c1=O. The molecule has 0 fully saturated rings. The maximum Gasteiger partial charge on any atom is 0.268 e. The molecule has 0 aliphatic carbocycles. The van der Waals surface area contributed by atoms with Gasteiger partial charge in [-0.05, 0) is 18.6 Å². The topological polar surface area (TPSA) is 94.5 Å². The Balaban J connectivity index is 2.12. The number of fused-ring (bicyclic) bond motifs is 1. The summed E-state index contributed by atoms with van der Waals surface area (Å²) in [6.45, 7) is 1.97. The zero-order valence-electron chi connectivity index (χ0n) is 13.3. The fourth-order valence-corrected chi connectivity index (χ4v) is 2.93. The van der Waals surface area contributed by atoms with Crippen molar-refractivity contribution < 1.29 is 0 Å². The van der Waals surface area contributed by atoms with Crippen molar-refractivity contribution in [2.24, 2.45) is 7.05 Å². The fraction of sp³-hybridized carbons (Fsp3) is 0.118. The molecular formula is C17H16N6O. The smallest absolute Gasteiger partial charge is 0.268 e. The predicted octanol–water partition coefficient (Wildman–Crippen LogP) is 2.00. The molecule has 120 valence electrons. The van der Waals surface area contributed by atoms with Crippen LogP contribution in [0.15, 0.2) is 47.7 Å². The molecule has 0 bridgehead atoms. The minimum atomic E-state index is -0.196. The van der Waals surface area contributed by atoms with E-state index in [1.165, 1.54) is 0 Å². The van der Waals surface area contributed by atoms with Gasteiger partial charge in [0.15, 0.2) is 5.82 Å². The van der Waals surface area contributed by atoms with E-state index in [1.807, 2.05) is 50.6 Å². The molecule has 3 aromatic heterocycles. The molecule has 0 saturated heterocycles. The Morgan fingerprint density at radius 3 is 2.71 bits per heavy atom. The molecule has 7 nitrogen and oxygen atoms in total. The van der Waals surface area contributed by atoms with Gasteiger partial charge in [-0.1, -0.05) is 18.2 Å². The summed E-state index contributed by atoms with van der Waals surface area (Å²) in [4.78, 5) is 13.0. The average molecular weight is 320 g/mol. The van der Waals surface area contributed by atoms with Gasteiger partial charge in [-0.15, -0.1) is 0 Å². The second-order valence-corrected chi connectivity index (χ2v) is 5.77. The summed E-state index contributed by atoms with van der Waals surface area (Å²) in [7, 11) is 1.85. The monoisotopic (exact) mass is 320 g/mol. The van der Waals surface area contributed by atoms with Crippen LogP contribution in [0.25, 0.3) is 27.7 Å². The summed E-state index contributed by atoms with van der Waals surface area (Å²) >= 11 is 0. The number of hydrogen-bond acceptors (Lipinski definition) is 4. The molecule has 24 heavy (non-hydrogen) atoms. The van der Waals surface area contributed by atoms with Crippen LogP contribution in [0.3, 0.4) is 0 Å². The van der Waals surface area contributed by atoms with Gasteiger partial charge in [0, 0.05) is 30.6 Å². The number of nitrogen functional groups attached to an aromatic ring is 1. The molecule has 4 rings (SSSR count). The minimum absolute atomic E-state index is 0.196. The first-order valence-electron chi connectivity index (χ1n) is 7.50. The lowest BCUT2D eigenvalue weighted by Crippen LogP contribution is -2.19. The zero-order chi connectivity index (χ0) is 16.8. The van der Waals surface area contributed by atoms with E-state index in [0.29, 0.717) is 10.9 Å². The number of nitrogens with zero attached hydrogens (tertiary/aromatic N) is 4. The number of aromatic amines is 1. The van der Waals surface area contributed by atoms with Gasteiger partial charge in [0.1, 0.15) is 5.39 Å². The van der Waals surface area contributed by atoms with Crippen molar-refractivity contribution in [2.75, 3.05) is 5.73 Å². The Hall–Kier alpha value is -3.35. The van der Waals surface area contributed by atoms with Crippen molar-refractivity contribution in [1.82, 2.24) is 24.5 Å². The van der Waals surface area contributed by atoms with Crippen LogP contribution in [0.1, 0.15) is 5.56 Å². The number of hydrogen-bond donors (Lipinski definition) is 2. The van der Waals surface area contributed by atoms with Crippen LogP contribution in [0.4, 0.5) is 5.82 Å². The van der Waals surface area contributed by atoms with Gasteiger partial charge in [-0.2, -0.15) is 10.2 Å². The van der Waals surface area contributed by atoms with E-state index in [1.54, 1.807) is 15.4 Å². The number of anilines is 1. The molecule has 0 atom stereocenters. The van der Waals surface area contributed by atoms with E-state index < -0.39 is 0 Å². The largest absolute Gasteiger partial charge is 0.382 e. The molecule has 0 unspecified atom stereocenters. The van der Waals surface area contributed by atoms with Crippen LogP contribution >= 0.6 is 0 Å². The van der Waals surface area contributed by atoms with Crippen molar-refractivity contribution in [3.05, 3.63) is 58.8 Å². The predicted molar refractivity (Wildman–Crippen MR) is 93.0 cm³/mol. The summed E-state index contributed by atoms with van der Waals surface area (Å²) in [6, 6.07) is 7.72. The van der Waals surface area contributed by atoms with Crippen molar-refractivity contribution in [1.29, 1.82) is 0 Å². The second kappa shape index (κ2) is 5.09. The molecule has 1 aromatic carbocycles. The van der Waals surface area contributed by atoms with E-state index >= 15 is 0 Å². The maximum atomic E-state index is 13.0. The molecule has 0 radical (unpaired) electrons. The highest BCUT2D eigenvalue weighted by molar-refractivity contribution is 5.98. The second-order valence-electron chi connectivity index (χ2n) is 5.77. The fourth-order valence-electron chi connectivity index (χ4n) is 2.93. The first-order valence-corrected chi connectivity index (χ1v) is 7.50. The first-order chi connectivity index (χ1) is 11.6. The molecule has 4 aromatic rings. The lowest BCUT2D eigenvalue weighted by Gasteiger charge is -2.11. The van der Waals surface area contributed by atoms with Gasteiger partial charge in [-0.25, -0.2) is 0 Å². The highest BCUT2D eigenvalue weighted by Crippen LogP contribution is 2.28. The molecule has 0 spiro atoms. The zero-order valence-corrected chi connectivity index (χ0v) is 13.3. The van der Waals surface area contributed by atoms with Gasteiger partial charge in [0.25, 0.3) is 5.56 Å². The number of aromatic nitrogens is 5. The van der Waals surface area contributed by atoms with Gasteiger partial charge in [0.05, 0.1) is 17.4 Å². The molecule has 7 heteroatoms. The number of benzene rings is 1. The average Bonchev–Trinajstić information content (AvgIpc) is 3.16. The number of pyridine rings is 1. The lowest BCUT2D eigenvalue weighted by atomic mass is 10.1. The number of rotatable bonds is 2. The van der Waals surface area contributed by atoms with Crippen LogP contribution in [0.2, 0.25) is 0 Å². The van der Waals surface area contributed by atoms with E-state index in [4.69, 9.17) is 5.73 Å². The van der Waals surface area contributed by atoms with Crippen molar-refractivity contribution >= 4 is 16.7 Å². The highest BCUT2D eigenvalue weighted by Gasteiger charge is 2.17. The van der Waals surface area contributed by atoms with E-state index in [9.17, 15) is 4.79 Å². The normalized spacial score (nSPS) is 11.2. The Morgan fingerprint density at radius 1 is 1.21 bits per heavy atom. The molecule has 0 saturated carbocycles. The Bertz CT molecular complexity index is 1120. The van der Waals surface area contributed by atoms with Gasteiger partial charge >= 0.3 is 0 Å². The Kier molecular flexibility index (Phi) is 3.02. The van der Waals surface area contributed by atoms with Crippen molar-refractivity contribution in [2.45, 2.75) is 6.92 Å². The summed E-state index contributed by atoms with van der Waals surface area (Å²) in [5.41, 5.74) is 9.88. The minimum Gasteiger partial charge on any atom is -0.382 e. The molecular weight excluding hydrogens is 304 g/mol. The van der Waals surface area contributed by atoms with Crippen molar-refractivity contribution in [3.8, 4) is 16.8 Å². The Labute approximate surface area is 137 Å². The summed E-state index contributed by atoms with van der Waals surface area (Å²) in [5.74, 6) is 0.197. The molecule has 0 aliphatic heterocycles. The standard InChI is InChI=1S/C17H16N6O/c1-10-5-3-4-6-13(10)23-9-12(11-7-19-22(2)8-11)15-14(17(23)24)16(18)21-20-15/h3-9H,1-2H3,(H3,18,20,21). The highest BCUT2D eigenvalue weighted by atomic mass is 16.1. The third-order valence-corrected chi connectivity index (χ3v) is 4.15. The van der Waals surface area contributed by atoms with Crippen molar-refractivity contribution in [3.63, 3.8) is 0 Å². The van der Waals surface area contributed by atoms with Gasteiger partial charge < -0.3 is 5.73 Å². The Morgan fingerprint density at radius 2 is 2.00 bits per heavy atom. The molecule has 3 heterocycles. The van der Waals surface area contributed by atoms with Crippen LogP contribution in [0, 0.1) is 6.92 Å². The molecule has 0 aliphatic rings. The van der Waals surface area contributed by atoms with E-state index in [2.05, 4.69) is 15.3 Å². The third kappa shape index (κ3) is 2.02.